The van der Waals surface area contributed by atoms with Crippen molar-refractivity contribution in [3.05, 3.63) is 64.7 Å². The van der Waals surface area contributed by atoms with Gasteiger partial charge in [0.25, 0.3) is 11.8 Å². The summed E-state index contributed by atoms with van der Waals surface area (Å²) in [4.78, 5) is 25.6. The molecule has 7 heteroatoms. The molecule has 1 aliphatic rings. The van der Waals surface area contributed by atoms with E-state index in [9.17, 15) is 9.59 Å². The Bertz CT molecular complexity index is 941. The fourth-order valence-corrected chi connectivity index (χ4v) is 3.96. The third-order valence-electron chi connectivity index (χ3n) is 5.70. The van der Waals surface area contributed by atoms with Crippen LogP contribution in [0.5, 0.6) is 5.75 Å². The summed E-state index contributed by atoms with van der Waals surface area (Å²) < 4.78 is 17.1. The lowest BCUT2D eigenvalue weighted by molar-refractivity contribution is -0.138. The molecule has 1 aliphatic heterocycles. The molecule has 0 saturated carbocycles. The molecule has 2 N–H and O–H groups in total. The highest BCUT2D eigenvalue weighted by Crippen LogP contribution is 2.45. The molecule has 0 aliphatic carbocycles. The molecular weight excluding hydrogens is 408 g/mol. The van der Waals surface area contributed by atoms with Gasteiger partial charge in [0.15, 0.2) is 6.29 Å². The first-order chi connectivity index (χ1) is 15.4. The number of amides is 2. The molecule has 0 aromatic heterocycles. The van der Waals surface area contributed by atoms with Crippen molar-refractivity contribution in [3.8, 4) is 5.75 Å². The molecule has 2 amide bonds. The first kappa shape index (κ1) is 23.8. The number of carbonyl (C=O) groups is 2. The lowest BCUT2D eigenvalue weighted by atomic mass is 9.77. The van der Waals surface area contributed by atoms with Crippen LogP contribution in [0.4, 0.5) is 0 Å². The van der Waals surface area contributed by atoms with Crippen molar-refractivity contribution in [3.63, 3.8) is 0 Å². The van der Waals surface area contributed by atoms with Gasteiger partial charge in [-0.15, -0.1) is 0 Å². The van der Waals surface area contributed by atoms with E-state index in [0.29, 0.717) is 49.7 Å². The number of benzene rings is 2. The van der Waals surface area contributed by atoms with Crippen LogP contribution in [-0.4, -0.2) is 51.5 Å². The van der Waals surface area contributed by atoms with Gasteiger partial charge in [0.1, 0.15) is 12.4 Å². The molecule has 7 nitrogen and oxygen atoms in total. The Morgan fingerprint density at radius 1 is 1.09 bits per heavy atom. The van der Waals surface area contributed by atoms with Crippen molar-refractivity contribution >= 4 is 11.8 Å². The van der Waals surface area contributed by atoms with E-state index in [-0.39, 0.29) is 18.1 Å². The maximum absolute atomic E-state index is 13.0. The molecule has 3 rings (SSSR count). The van der Waals surface area contributed by atoms with Crippen LogP contribution in [0.15, 0.2) is 42.5 Å². The molecule has 2 aromatic rings. The fraction of sp³-hybridized carbons (Fsp3) is 0.440. The minimum atomic E-state index is -0.468. The van der Waals surface area contributed by atoms with Gasteiger partial charge in [-0.05, 0) is 38.5 Å². The van der Waals surface area contributed by atoms with E-state index >= 15 is 0 Å². The van der Waals surface area contributed by atoms with E-state index in [1.54, 1.807) is 13.1 Å². The van der Waals surface area contributed by atoms with Gasteiger partial charge in [0.05, 0.1) is 11.0 Å². The van der Waals surface area contributed by atoms with E-state index in [4.69, 9.17) is 14.2 Å². The zero-order valence-corrected chi connectivity index (χ0v) is 19.2. The van der Waals surface area contributed by atoms with Crippen LogP contribution >= 0.6 is 0 Å². The molecule has 172 valence electrons. The number of hydrogen-bond acceptors (Lipinski definition) is 5. The molecular formula is C25H32N2O5. The number of ether oxygens (including phenoxy) is 3. The number of hydrogen-bond donors (Lipinski definition) is 2. The van der Waals surface area contributed by atoms with Gasteiger partial charge < -0.3 is 24.8 Å². The van der Waals surface area contributed by atoms with Gasteiger partial charge >= 0.3 is 0 Å². The van der Waals surface area contributed by atoms with Gasteiger partial charge in [-0.25, -0.2) is 0 Å². The van der Waals surface area contributed by atoms with Gasteiger partial charge in [-0.1, -0.05) is 30.3 Å². The van der Waals surface area contributed by atoms with Crippen molar-refractivity contribution < 1.29 is 23.8 Å². The predicted molar refractivity (Wildman–Crippen MR) is 122 cm³/mol. The summed E-state index contributed by atoms with van der Waals surface area (Å²) >= 11 is 0. The van der Waals surface area contributed by atoms with E-state index < -0.39 is 5.41 Å². The second-order valence-corrected chi connectivity index (χ2v) is 7.85. The lowest BCUT2D eigenvalue weighted by Gasteiger charge is -2.24. The highest BCUT2D eigenvalue weighted by Gasteiger charge is 2.40. The summed E-state index contributed by atoms with van der Waals surface area (Å²) in [5, 5.41) is 5.56. The Hall–Kier alpha value is -2.90. The summed E-state index contributed by atoms with van der Waals surface area (Å²) in [5.74, 6) is -0.0204. The van der Waals surface area contributed by atoms with Crippen LogP contribution in [0.3, 0.4) is 0 Å². The Kier molecular flexibility index (Phi) is 7.88. The first-order valence-corrected chi connectivity index (χ1v) is 11.0. The first-order valence-electron chi connectivity index (χ1n) is 11.0. The maximum Gasteiger partial charge on any atom is 0.254 e. The van der Waals surface area contributed by atoms with Gasteiger partial charge in [-0.2, -0.15) is 0 Å². The van der Waals surface area contributed by atoms with Crippen LogP contribution in [0.1, 0.15) is 59.0 Å². The zero-order valence-electron chi connectivity index (χ0n) is 19.2. The molecule has 0 radical (unpaired) electrons. The standard InChI is InChI=1S/C25H32N2O5/c1-5-30-21(31-6-2)12-13-27-23(28)17-14-19(24(29)26-4)22-20(15-17)25(3,16-32-22)18-10-8-7-9-11-18/h7-11,14-15,21H,5-6,12-13,16H2,1-4H3,(H,26,29)(H,27,28)/t25-/m0/s1. The molecule has 0 fully saturated rings. The molecule has 1 atom stereocenters. The monoisotopic (exact) mass is 440 g/mol. The highest BCUT2D eigenvalue weighted by molar-refractivity contribution is 6.02. The van der Waals surface area contributed by atoms with E-state index in [0.717, 1.165) is 11.1 Å². The second kappa shape index (κ2) is 10.6. The third-order valence-corrected chi connectivity index (χ3v) is 5.70. The normalized spacial score (nSPS) is 17.0. The van der Waals surface area contributed by atoms with Crippen molar-refractivity contribution in [1.82, 2.24) is 10.6 Å². The largest absolute Gasteiger partial charge is 0.491 e. The Morgan fingerprint density at radius 2 is 1.78 bits per heavy atom. The SMILES string of the molecule is CCOC(CCNC(=O)c1cc(C(=O)NC)c2c(c1)[C@](C)(c1ccccc1)CO2)OCC. The van der Waals surface area contributed by atoms with Crippen molar-refractivity contribution in [2.75, 3.05) is 33.4 Å². The average molecular weight is 441 g/mol. The second-order valence-electron chi connectivity index (χ2n) is 7.85. The van der Waals surface area contributed by atoms with Crippen molar-refractivity contribution in [2.24, 2.45) is 0 Å². The Labute approximate surface area is 189 Å². The van der Waals surface area contributed by atoms with Crippen molar-refractivity contribution in [2.45, 2.75) is 38.9 Å². The predicted octanol–water partition coefficient (Wildman–Crippen LogP) is 3.26. The minimum absolute atomic E-state index is 0.257. The summed E-state index contributed by atoms with van der Waals surface area (Å²) in [6, 6.07) is 13.4. The summed E-state index contributed by atoms with van der Waals surface area (Å²) in [6.07, 6.45) is 0.174. The number of carbonyl (C=O) groups excluding carboxylic acids is 2. The Morgan fingerprint density at radius 3 is 2.41 bits per heavy atom. The zero-order chi connectivity index (χ0) is 23.1. The molecule has 0 bridgehead atoms. The van der Waals surface area contributed by atoms with Crippen LogP contribution in [-0.2, 0) is 14.9 Å². The molecule has 2 aromatic carbocycles. The smallest absolute Gasteiger partial charge is 0.254 e. The molecule has 1 heterocycles. The Balaban J connectivity index is 1.88. The van der Waals surface area contributed by atoms with Gasteiger partial charge in [0.2, 0.25) is 0 Å². The van der Waals surface area contributed by atoms with E-state index in [1.807, 2.05) is 50.2 Å². The lowest BCUT2D eigenvalue weighted by Crippen LogP contribution is -2.30. The van der Waals surface area contributed by atoms with Crippen LogP contribution < -0.4 is 15.4 Å². The third kappa shape index (κ3) is 4.95. The summed E-state index contributed by atoms with van der Waals surface area (Å²) in [7, 11) is 1.56. The van der Waals surface area contributed by atoms with Crippen LogP contribution in [0, 0.1) is 0 Å². The summed E-state index contributed by atoms with van der Waals surface area (Å²) in [5.41, 5.74) is 2.20. The maximum atomic E-state index is 13.0. The number of nitrogens with one attached hydrogen (secondary N) is 2. The van der Waals surface area contributed by atoms with E-state index in [1.165, 1.54) is 0 Å². The molecule has 0 spiro atoms. The topological polar surface area (TPSA) is 85.9 Å². The number of fused-ring (bicyclic) bond motifs is 1. The van der Waals surface area contributed by atoms with Gasteiger partial charge in [-0.3, -0.25) is 9.59 Å². The molecule has 0 unspecified atom stereocenters. The van der Waals surface area contributed by atoms with Crippen LogP contribution in [0.2, 0.25) is 0 Å². The number of rotatable bonds is 10. The van der Waals surface area contributed by atoms with Crippen LogP contribution in [0.25, 0.3) is 0 Å². The minimum Gasteiger partial charge on any atom is -0.491 e. The summed E-state index contributed by atoms with van der Waals surface area (Å²) in [6.45, 7) is 7.74. The molecule has 32 heavy (non-hydrogen) atoms. The van der Waals surface area contributed by atoms with E-state index in [2.05, 4.69) is 17.6 Å². The average Bonchev–Trinajstić information content (AvgIpc) is 3.16. The quantitative estimate of drug-likeness (QED) is 0.554. The highest BCUT2D eigenvalue weighted by atomic mass is 16.7. The van der Waals surface area contributed by atoms with Gasteiger partial charge in [0, 0.05) is 44.4 Å². The fourth-order valence-electron chi connectivity index (χ4n) is 3.96. The van der Waals surface area contributed by atoms with Crippen molar-refractivity contribution in [1.29, 1.82) is 0 Å². The molecule has 0 saturated heterocycles.